The van der Waals surface area contributed by atoms with Gasteiger partial charge in [-0.25, -0.2) is 9.98 Å². The van der Waals surface area contributed by atoms with Crippen LogP contribution in [0, 0.1) is 0 Å². The molecule has 0 amide bonds. The number of pyridine rings is 1. The highest BCUT2D eigenvalue weighted by Crippen LogP contribution is 2.23. The van der Waals surface area contributed by atoms with Crippen molar-refractivity contribution in [2.75, 3.05) is 40.0 Å². The van der Waals surface area contributed by atoms with Gasteiger partial charge >= 0.3 is 0 Å². The summed E-state index contributed by atoms with van der Waals surface area (Å²) in [5.41, 5.74) is 1.10. The summed E-state index contributed by atoms with van der Waals surface area (Å²) in [6.45, 7) is 7.06. The van der Waals surface area contributed by atoms with Gasteiger partial charge in [0.15, 0.2) is 5.96 Å². The van der Waals surface area contributed by atoms with Crippen LogP contribution in [0.1, 0.15) is 57.4 Å². The van der Waals surface area contributed by atoms with Crippen LogP contribution in [0.15, 0.2) is 23.3 Å². The molecule has 1 aliphatic carbocycles. The summed E-state index contributed by atoms with van der Waals surface area (Å²) >= 11 is 0. The normalized spacial score (nSPS) is 18.1. The van der Waals surface area contributed by atoms with Crippen LogP contribution >= 0.6 is 24.0 Å². The van der Waals surface area contributed by atoms with Crippen molar-refractivity contribution >= 4 is 29.9 Å². The SMILES string of the molecule is CCNC(=NCc1ccc(OC2CCCC2)nc1)N1CCC(OCCCOC)CC1.I. The molecule has 0 bridgehead atoms. The lowest BCUT2D eigenvalue weighted by Gasteiger charge is -2.34. The second-order valence-corrected chi connectivity index (χ2v) is 8.10. The van der Waals surface area contributed by atoms with E-state index in [0.717, 1.165) is 82.4 Å². The average molecular weight is 546 g/mol. The van der Waals surface area contributed by atoms with Crippen molar-refractivity contribution < 1.29 is 14.2 Å². The van der Waals surface area contributed by atoms with E-state index in [4.69, 9.17) is 19.2 Å². The standard InChI is InChI=1S/C23H38N4O3.HI/c1-3-24-23(27-13-11-20(12-14-27)29-16-6-15-28-2)26-18-19-9-10-22(25-17-19)30-21-7-4-5-8-21;/h9-10,17,20-21H,3-8,11-16,18H2,1-2H3,(H,24,26);1H. The first-order chi connectivity index (χ1) is 14.8. The third-order valence-electron chi connectivity index (χ3n) is 5.72. The van der Waals surface area contributed by atoms with E-state index in [2.05, 4.69) is 28.2 Å². The number of rotatable bonds is 10. The van der Waals surface area contributed by atoms with Crippen LogP contribution in [0.3, 0.4) is 0 Å². The number of nitrogens with one attached hydrogen (secondary N) is 1. The molecule has 8 heteroatoms. The van der Waals surface area contributed by atoms with E-state index in [9.17, 15) is 0 Å². The summed E-state index contributed by atoms with van der Waals surface area (Å²) in [6, 6.07) is 4.05. The van der Waals surface area contributed by atoms with Gasteiger partial charge in [-0.3, -0.25) is 0 Å². The Morgan fingerprint density at radius 1 is 1.13 bits per heavy atom. The number of hydrogen-bond donors (Lipinski definition) is 1. The highest BCUT2D eigenvalue weighted by molar-refractivity contribution is 14.0. The number of hydrogen-bond acceptors (Lipinski definition) is 5. The summed E-state index contributed by atoms with van der Waals surface area (Å²) in [5, 5.41) is 3.43. The number of aliphatic imine (C=N–C) groups is 1. The Kier molecular flexibility index (Phi) is 12.5. The van der Waals surface area contributed by atoms with Crippen LogP contribution < -0.4 is 10.1 Å². The monoisotopic (exact) mass is 546 g/mol. The molecule has 31 heavy (non-hydrogen) atoms. The third kappa shape index (κ3) is 9.10. The van der Waals surface area contributed by atoms with Crippen LogP contribution in [0.5, 0.6) is 5.88 Å². The molecule has 0 radical (unpaired) electrons. The summed E-state index contributed by atoms with van der Waals surface area (Å²) in [7, 11) is 1.73. The predicted octanol–water partition coefficient (Wildman–Crippen LogP) is 4.00. The van der Waals surface area contributed by atoms with Crippen LogP contribution in [0.4, 0.5) is 0 Å². The largest absolute Gasteiger partial charge is 0.474 e. The molecule has 1 saturated heterocycles. The molecule has 2 fully saturated rings. The lowest BCUT2D eigenvalue weighted by Crippen LogP contribution is -2.47. The Bertz CT molecular complexity index is 630. The van der Waals surface area contributed by atoms with Gasteiger partial charge in [-0.15, -0.1) is 24.0 Å². The van der Waals surface area contributed by atoms with Crippen LogP contribution in [-0.4, -0.2) is 68.0 Å². The molecule has 0 atom stereocenters. The molecule has 1 saturated carbocycles. The second-order valence-electron chi connectivity index (χ2n) is 8.10. The summed E-state index contributed by atoms with van der Waals surface area (Å²) < 4.78 is 17.0. The maximum atomic E-state index is 5.97. The molecule has 1 aromatic rings. The Morgan fingerprint density at radius 2 is 1.90 bits per heavy atom. The number of methoxy groups -OCH3 is 1. The number of nitrogens with zero attached hydrogens (tertiary/aromatic N) is 3. The molecule has 0 unspecified atom stereocenters. The van der Waals surface area contributed by atoms with Crippen LogP contribution in [0.2, 0.25) is 0 Å². The Balaban J connectivity index is 0.00000341. The van der Waals surface area contributed by atoms with Crippen molar-refractivity contribution in [2.45, 2.75) is 70.6 Å². The molecule has 1 aliphatic heterocycles. The van der Waals surface area contributed by atoms with Gasteiger partial charge in [0.2, 0.25) is 5.88 Å². The Labute approximate surface area is 204 Å². The van der Waals surface area contributed by atoms with E-state index in [1.165, 1.54) is 12.8 Å². The lowest BCUT2D eigenvalue weighted by molar-refractivity contribution is 0.00990. The van der Waals surface area contributed by atoms with Gasteiger partial charge in [0.25, 0.3) is 0 Å². The number of likely N-dealkylation sites (tertiary alicyclic amines) is 1. The van der Waals surface area contributed by atoms with Crippen molar-refractivity contribution in [3.63, 3.8) is 0 Å². The van der Waals surface area contributed by atoms with E-state index in [-0.39, 0.29) is 24.0 Å². The van der Waals surface area contributed by atoms with Gasteiger partial charge in [0, 0.05) is 52.2 Å². The Morgan fingerprint density at radius 3 is 2.55 bits per heavy atom. The van der Waals surface area contributed by atoms with Gasteiger partial charge in [-0.1, -0.05) is 6.07 Å². The maximum absolute atomic E-state index is 5.97. The van der Waals surface area contributed by atoms with E-state index in [1.807, 2.05) is 12.3 Å². The van der Waals surface area contributed by atoms with E-state index < -0.39 is 0 Å². The summed E-state index contributed by atoms with van der Waals surface area (Å²) in [6.07, 6.45) is 10.4. The number of piperidine rings is 1. The second kappa shape index (κ2) is 14.8. The zero-order valence-corrected chi connectivity index (χ0v) is 21.4. The fraction of sp³-hybridized carbons (Fsp3) is 0.739. The molecule has 1 N–H and O–H groups in total. The van der Waals surface area contributed by atoms with Crippen molar-refractivity contribution in [1.82, 2.24) is 15.2 Å². The smallest absolute Gasteiger partial charge is 0.213 e. The molecule has 2 aliphatic rings. The minimum Gasteiger partial charge on any atom is -0.474 e. The lowest BCUT2D eigenvalue weighted by atomic mass is 10.1. The highest BCUT2D eigenvalue weighted by Gasteiger charge is 2.22. The number of aromatic nitrogens is 1. The maximum Gasteiger partial charge on any atom is 0.213 e. The molecular weight excluding hydrogens is 507 g/mol. The van der Waals surface area contributed by atoms with Crippen molar-refractivity contribution in [2.24, 2.45) is 4.99 Å². The molecule has 1 aromatic heterocycles. The Hall–Kier alpha value is -1.13. The topological polar surface area (TPSA) is 68.2 Å². The van der Waals surface area contributed by atoms with E-state index >= 15 is 0 Å². The molecule has 0 aromatic carbocycles. The highest BCUT2D eigenvalue weighted by atomic mass is 127. The van der Waals surface area contributed by atoms with Crippen LogP contribution in [0.25, 0.3) is 0 Å². The van der Waals surface area contributed by atoms with Crippen molar-refractivity contribution in [3.05, 3.63) is 23.9 Å². The van der Waals surface area contributed by atoms with Gasteiger partial charge in [-0.05, 0) is 57.4 Å². The first-order valence-electron chi connectivity index (χ1n) is 11.5. The van der Waals surface area contributed by atoms with Crippen molar-refractivity contribution in [3.8, 4) is 5.88 Å². The van der Waals surface area contributed by atoms with E-state index in [0.29, 0.717) is 18.8 Å². The van der Waals surface area contributed by atoms with Gasteiger partial charge < -0.3 is 24.4 Å². The van der Waals surface area contributed by atoms with Gasteiger partial charge in [0.05, 0.1) is 12.6 Å². The molecule has 3 rings (SSSR count). The molecule has 7 nitrogen and oxygen atoms in total. The average Bonchev–Trinajstić information content (AvgIpc) is 3.29. The minimum absolute atomic E-state index is 0. The predicted molar refractivity (Wildman–Crippen MR) is 134 cm³/mol. The molecule has 176 valence electrons. The fourth-order valence-electron chi connectivity index (χ4n) is 4.03. The fourth-order valence-corrected chi connectivity index (χ4v) is 4.03. The first-order valence-corrected chi connectivity index (χ1v) is 11.5. The van der Waals surface area contributed by atoms with E-state index in [1.54, 1.807) is 7.11 Å². The summed E-state index contributed by atoms with van der Waals surface area (Å²) in [5.74, 6) is 1.70. The van der Waals surface area contributed by atoms with Gasteiger partial charge in [-0.2, -0.15) is 0 Å². The molecular formula is C23H39IN4O3. The number of halogens is 1. The zero-order valence-electron chi connectivity index (χ0n) is 19.1. The first kappa shape index (κ1) is 26.1. The summed E-state index contributed by atoms with van der Waals surface area (Å²) in [4.78, 5) is 11.7. The minimum atomic E-state index is 0. The zero-order chi connectivity index (χ0) is 21.0. The molecule has 0 spiro atoms. The third-order valence-corrected chi connectivity index (χ3v) is 5.72. The quantitative estimate of drug-likeness (QED) is 0.207. The van der Waals surface area contributed by atoms with Gasteiger partial charge in [0.1, 0.15) is 6.10 Å². The van der Waals surface area contributed by atoms with Crippen LogP contribution in [-0.2, 0) is 16.0 Å². The number of guanidine groups is 1. The van der Waals surface area contributed by atoms with Crippen molar-refractivity contribution in [1.29, 1.82) is 0 Å². The number of ether oxygens (including phenoxy) is 3. The molecule has 2 heterocycles.